The van der Waals surface area contributed by atoms with Gasteiger partial charge >= 0.3 is 6.09 Å². The standard InChI is InChI=1S/C15H23N5O4S/c1-14(2,3)24-13(21)18-12-19-15(4,9-25(22,23)20(12)5)11-8-10(16)6-7-17-11/h6-8H,9H2,1-5H3,(H2,16,17)(H,18,19,21)/t15-/m0/s1. The number of aliphatic imine (C=N–C) groups is 1. The molecule has 9 nitrogen and oxygen atoms in total. The highest BCUT2D eigenvalue weighted by Gasteiger charge is 2.43. The normalized spacial score (nSPS) is 24.7. The van der Waals surface area contributed by atoms with E-state index in [1.807, 2.05) is 0 Å². The number of nitrogens with one attached hydrogen (secondary N) is 1. The Morgan fingerprint density at radius 3 is 2.68 bits per heavy atom. The van der Waals surface area contributed by atoms with Gasteiger partial charge in [-0.05, 0) is 39.8 Å². The van der Waals surface area contributed by atoms with Crippen molar-refractivity contribution in [2.24, 2.45) is 4.99 Å². The van der Waals surface area contributed by atoms with Crippen LogP contribution in [0.15, 0.2) is 23.3 Å². The number of sulfonamides is 1. The molecule has 0 aromatic carbocycles. The predicted molar refractivity (Wildman–Crippen MR) is 94.4 cm³/mol. The molecule has 1 saturated heterocycles. The molecule has 0 radical (unpaired) electrons. The van der Waals surface area contributed by atoms with Crippen molar-refractivity contribution in [3.8, 4) is 0 Å². The number of rotatable bonds is 1. The van der Waals surface area contributed by atoms with Crippen LogP contribution in [0.1, 0.15) is 33.4 Å². The number of guanidine groups is 1. The second-order valence-corrected chi connectivity index (χ2v) is 9.07. The van der Waals surface area contributed by atoms with Crippen molar-refractivity contribution in [1.82, 2.24) is 14.6 Å². The highest BCUT2D eigenvalue weighted by atomic mass is 32.2. The minimum Gasteiger partial charge on any atom is -0.442 e. The molecule has 0 bridgehead atoms. The van der Waals surface area contributed by atoms with Crippen molar-refractivity contribution in [2.45, 2.75) is 38.8 Å². The van der Waals surface area contributed by atoms with Gasteiger partial charge in [-0.3, -0.25) is 4.98 Å². The number of nitrogen functional groups attached to an aromatic ring is 1. The van der Waals surface area contributed by atoms with Crippen molar-refractivity contribution < 1.29 is 17.9 Å². The molecule has 3 N–H and O–H groups in total. The number of amides is 1. The maximum Gasteiger partial charge on any atom is 0.437 e. The second kappa shape index (κ2) is 6.17. The van der Waals surface area contributed by atoms with Gasteiger partial charge in [-0.25, -0.2) is 17.5 Å². The molecule has 1 aliphatic rings. The average Bonchev–Trinajstić information content (AvgIpc) is 2.42. The van der Waals surface area contributed by atoms with Crippen LogP contribution in [0.25, 0.3) is 0 Å². The fourth-order valence-corrected chi connectivity index (χ4v) is 3.80. The SMILES string of the molecule is CN1/C(=N/C(=O)OC(C)(C)C)N[C@](C)(c2cc(N)ccn2)CS1(=O)=O. The molecule has 1 amide bonds. The summed E-state index contributed by atoms with van der Waals surface area (Å²) in [7, 11) is -2.40. The Balaban J connectivity index is 2.43. The van der Waals surface area contributed by atoms with E-state index in [1.54, 1.807) is 39.8 Å². The zero-order valence-electron chi connectivity index (χ0n) is 14.9. The number of aromatic nitrogens is 1. The van der Waals surface area contributed by atoms with E-state index < -0.39 is 27.3 Å². The summed E-state index contributed by atoms with van der Waals surface area (Å²) in [6.45, 7) is 6.74. The van der Waals surface area contributed by atoms with E-state index in [0.29, 0.717) is 11.4 Å². The Hall–Kier alpha value is -2.36. The van der Waals surface area contributed by atoms with Crippen LogP contribution in [0.2, 0.25) is 0 Å². The lowest BCUT2D eigenvalue weighted by molar-refractivity contribution is 0.0602. The summed E-state index contributed by atoms with van der Waals surface area (Å²) >= 11 is 0. The van der Waals surface area contributed by atoms with Gasteiger partial charge in [0.15, 0.2) is 0 Å². The number of hydrogen-bond acceptors (Lipinski definition) is 6. The Bertz CT molecular complexity index is 815. The van der Waals surface area contributed by atoms with Gasteiger partial charge in [0.1, 0.15) is 5.60 Å². The summed E-state index contributed by atoms with van der Waals surface area (Å²) in [5, 5.41) is 2.97. The van der Waals surface area contributed by atoms with E-state index >= 15 is 0 Å². The van der Waals surface area contributed by atoms with E-state index in [0.717, 1.165) is 4.31 Å². The highest BCUT2D eigenvalue weighted by molar-refractivity contribution is 7.89. The molecule has 1 aromatic heterocycles. The third kappa shape index (κ3) is 4.38. The minimum absolute atomic E-state index is 0.132. The maximum absolute atomic E-state index is 12.5. The van der Waals surface area contributed by atoms with Crippen molar-refractivity contribution in [2.75, 3.05) is 18.5 Å². The lowest BCUT2D eigenvalue weighted by atomic mass is 9.99. The molecular weight excluding hydrogens is 346 g/mol. The van der Waals surface area contributed by atoms with Crippen molar-refractivity contribution in [3.05, 3.63) is 24.0 Å². The number of anilines is 1. The minimum atomic E-state index is -3.72. The van der Waals surface area contributed by atoms with Crippen molar-refractivity contribution >= 4 is 27.8 Å². The van der Waals surface area contributed by atoms with Gasteiger partial charge in [0.05, 0.1) is 17.0 Å². The zero-order chi connectivity index (χ0) is 19.0. The van der Waals surface area contributed by atoms with Crippen LogP contribution in [0.4, 0.5) is 10.5 Å². The van der Waals surface area contributed by atoms with Crippen LogP contribution in [0, 0.1) is 0 Å². The molecule has 1 aromatic rings. The third-order valence-electron chi connectivity index (χ3n) is 3.51. The van der Waals surface area contributed by atoms with Crippen LogP contribution in [-0.2, 0) is 20.3 Å². The van der Waals surface area contributed by atoms with Gasteiger partial charge in [0.2, 0.25) is 16.0 Å². The number of ether oxygens (including phenoxy) is 1. The van der Waals surface area contributed by atoms with Gasteiger partial charge in [-0.1, -0.05) is 0 Å². The second-order valence-electron chi connectivity index (χ2n) is 7.07. The van der Waals surface area contributed by atoms with E-state index in [-0.39, 0.29) is 11.7 Å². The predicted octanol–water partition coefficient (Wildman–Crippen LogP) is 1.03. The summed E-state index contributed by atoms with van der Waals surface area (Å²) in [5.74, 6) is -0.396. The van der Waals surface area contributed by atoms with Gasteiger partial charge < -0.3 is 15.8 Å². The number of carbonyl (C=O) groups excluding carboxylic acids is 1. The molecule has 0 unspecified atom stereocenters. The van der Waals surface area contributed by atoms with Crippen LogP contribution in [0.3, 0.4) is 0 Å². The number of nitrogens with zero attached hydrogens (tertiary/aromatic N) is 3. The van der Waals surface area contributed by atoms with Crippen LogP contribution in [0.5, 0.6) is 0 Å². The molecule has 1 atom stereocenters. The fourth-order valence-electron chi connectivity index (χ4n) is 2.31. The topological polar surface area (TPSA) is 127 Å². The van der Waals surface area contributed by atoms with Gasteiger partial charge in [-0.15, -0.1) is 4.99 Å². The molecule has 2 rings (SSSR count). The Labute approximate surface area is 147 Å². The van der Waals surface area contributed by atoms with Crippen molar-refractivity contribution in [3.63, 3.8) is 0 Å². The first-order valence-electron chi connectivity index (χ1n) is 7.61. The lowest BCUT2D eigenvalue weighted by Crippen LogP contribution is -2.61. The molecule has 0 aliphatic carbocycles. The van der Waals surface area contributed by atoms with Crippen molar-refractivity contribution in [1.29, 1.82) is 0 Å². The molecule has 138 valence electrons. The Morgan fingerprint density at radius 2 is 2.12 bits per heavy atom. The first-order valence-corrected chi connectivity index (χ1v) is 9.22. The van der Waals surface area contributed by atoms with E-state index in [9.17, 15) is 13.2 Å². The monoisotopic (exact) mass is 369 g/mol. The van der Waals surface area contributed by atoms with Gasteiger partial charge in [0.25, 0.3) is 0 Å². The van der Waals surface area contributed by atoms with Crippen LogP contribution in [-0.4, -0.2) is 48.2 Å². The summed E-state index contributed by atoms with van der Waals surface area (Å²) in [5.41, 5.74) is 4.82. The average molecular weight is 369 g/mol. The summed E-state index contributed by atoms with van der Waals surface area (Å²) in [6.07, 6.45) is 0.606. The number of nitrogens with two attached hydrogens (primary N) is 1. The Morgan fingerprint density at radius 1 is 1.48 bits per heavy atom. The highest BCUT2D eigenvalue weighted by Crippen LogP contribution is 2.27. The molecule has 2 heterocycles. The summed E-state index contributed by atoms with van der Waals surface area (Å²) < 4.78 is 31.1. The quantitative estimate of drug-likeness (QED) is 0.757. The molecule has 25 heavy (non-hydrogen) atoms. The van der Waals surface area contributed by atoms with Gasteiger partial charge in [-0.2, -0.15) is 0 Å². The first kappa shape index (κ1) is 19.0. The zero-order valence-corrected chi connectivity index (χ0v) is 15.7. The van der Waals surface area contributed by atoms with Crippen LogP contribution < -0.4 is 11.1 Å². The molecule has 0 spiro atoms. The molecule has 10 heteroatoms. The van der Waals surface area contributed by atoms with Crippen LogP contribution >= 0.6 is 0 Å². The van der Waals surface area contributed by atoms with E-state index in [2.05, 4.69) is 15.3 Å². The summed E-state index contributed by atoms with van der Waals surface area (Å²) in [6, 6.07) is 3.19. The Kier molecular flexibility index (Phi) is 4.69. The third-order valence-corrected chi connectivity index (χ3v) is 5.46. The fraction of sp³-hybridized carbons (Fsp3) is 0.533. The molecule has 0 saturated carbocycles. The number of pyridine rings is 1. The summed E-state index contributed by atoms with van der Waals surface area (Å²) in [4.78, 5) is 20.0. The largest absolute Gasteiger partial charge is 0.442 e. The lowest BCUT2D eigenvalue weighted by Gasteiger charge is -2.39. The number of hydrogen-bond donors (Lipinski definition) is 2. The number of carbonyl (C=O) groups is 1. The molecular formula is C15H23N5O4S. The van der Waals surface area contributed by atoms with Gasteiger partial charge in [0, 0.05) is 18.9 Å². The van der Waals surface area contributed by atoms with E-state index in [4.69, 9.17) is 10.5 Å². The smallest absolute Gasteiger partial charge is 0.437 e. The first-order chi connectivity index (χ1) is 11.3. The molecule has 1 aliphatic heterocycles. The molecule has 1 fully saturated rings. The van der Waals surface area contributed by atoms with E-state index in [1.165, 1.54) is 13.2 Å². The maximum atomic E-state index is 12.5.